The van der Waals surface area contributed by atoms with Crippen molar-refractivity contribution in [1.82, 2.24) is 29.9 Å². The van der Waals surface area contributed by atoms with Crippen LogP contribution in [0.25, 0.3) is 34.2 Å². The normalized spacial score (nSPS) is 11.0. The third-order valence-electron chi connectivity index (χ3n) is 15.3. The molecule has 93 heavy (non-hydrogen) atoms. The molecule has 0 unspecified atom stereocenters. The van der Waals surface area contributed by atoms with Gasteiger partial charge in [0.25, 0.3) is 0 Å². The lowest BCUT2D eigenvalue weighted by Gasteiger charge is -2.11. The van der Waals surface area contributed by atoms with Crippen molar-refractivity contribution >= 4 is 17.9 Å². The summed E-state index contributed by atoms with van der Waals surface area (Å²) >= 11 is 0. The van der Waals surface area contributed by atoms with Crippen LogP contribution in [0.4, 0.5) is 0 Å². The monoisotopic (exact) mass is 1270 g/mol. The summed E-state index contributed by atoms with van der Waals surface area (Å²) < 4.78 is 52.3. The van der Waals surface area contributed by atoms with Crippen LogP contribution >= 0.6 is 0 Å². The predicted octanol–water partition coefficient (Wildman–Crippen LogP) is 17.3. The summed E-state index contributed by atoms with van der Waals surface area (Å²) in [7, 11) is 0. The zero-order valence-corrected chi connectivity index (χ0v) is 55.0. The highest BCUT2D eigenvalue weighted by atomic mass is 16.5. The Labute approximate surface area is 550 Å². The molecule has 18 heteroatoms. The van der Waals surface area contributed by atoms with Crippen LogP contribution in [0.1, 0.15) is 206 Å². The van der Waals surface area contributed by atoms with Crippen molar-refractivity contribution in [3.63, 3.8) is 0 Å². The zero-order valence-electron chi connectivity index (χ0n) is 55.0. The second-order valence-electron chi connectivity index (χ2n) is 23.0. The molecule has 0 saturated carbocycles. The third kappa shape index (κ3) is 27.6. The maximum absolute atomic E-state index is 13.5. The van der Waals surface area contributed by atoms with Gasteiger partial charge in [-0.25, -0.2) is 44.3 Å². The molecular formula is C75H96N6O12. The van der Waals surface area contributed by atoms with E-state index >= 15 is 0 Å². The van der Waals surface area contributed by atoms with E-state index in [9.17, 15) is 14.4 Å². The number of rotatable bonds is 48. The lowest BCUT2D eigenvalue weighted by Crippen LogP contribution is -2.14. The van der Waals surface area contributed by atoms with Gasteiger partial charge in [0.05, 0.1) is 113 Å². The second kappa shape index (κ2) is 43.2. The molecule has 0 aliphatic heterocycles. The molecule has 0 spiro atoms. The second-order valence-corrected chi connectivity index (χ2v) is 23.0. The molecular weight excluding hydrogens is 1180 g/mol. The van der Waals surface area contributed by atoms with Crippen LogP contribution < -0.4 is 28.4 Å². The molecule has 0 N–H and O–H groups in total. The molecule has 0 bridgehead atoms. The van der Waals surface area contributed by atoms with Crippen LogP contribution in [0, 0.1) is 0 Å². The smallest absolute Gasteiger partial charge is 0.338 e. The number of carbonyl (C=O) groups excluding carboxylic acids is 3. The standard InChI is InChI=1S/C75H96N6O12/c1-4-7-10-19-40-85-64-34-28-58(29-35-64)70-76-52-67(53-77-70)88-43-22-13-16-25-46-91-73(82)61-49-62(74(83)92-47-26-17-14-23-44-89-68-54-78-71(79-55-68)59-30-36-65(37-31-59)86-41-20-11-8-5-2)51-63(50-61)75(84)93-48-27-18-15-24-45-90-69-56-80-72(81-57-69)60-32-38-66(39-33-60)87-42-21-12-9-6-3/h28-39,49-57H,4-27,40-48H2,1-3H3. The van der Waals surface area contributed by atoms with E-state index in [1.165, 1.54) is 76.0 Å². The summed E-state index contributed by atoms with van der Waals surface area (Å²) in [6.07, 6.45) is 33.1. The Kier molecular flexibility index (Phi) is 33.3. The van der Waals surface area contributed by atoms with Gasteiger partial charge in [0.2, 0.25) is 0 Å². The molecule has 0 amide bonds. The fourth-order valence-corrected chi connectivity index (χ4v) is 9.85. The number of esters is 3. The van der Waals surface area contributed by atoms with Crippen molar-refractivity contribution in [3.05, 3.63) is 145 Å². The van der Waals surface area contributed by atoms with Crippen molar-refractivity contribution in [2.24, 2.45) is 0 Å². The molecule has 0 radical (unpaired) electrons. The minimum Gasteiger partial charge on any atom is -0.494 e. The van der Waals surface area contributed by atoms with E-state index in [4.69, 9.17) is 42.6 Å². The summed E-state index contributed by atoms with van der Waals surface area (Å²) in [6, 6.07) is 27.6. The molecule has 0 atom stereocenters. The lowest BCUT2D eigenvalue weighted by atomic mass is 10.1. The molecule has 0 aliphatic carbocycles. The van der Waals surface area contributed by atoms with Gasteiger partial charge in [-0.3, -0.25) is 0 Å². The highest BCUT2D eigenvalue weighted by Crippen LogP contribution is 2.25. The number of benzene rings is 4. The SMILES string of the molecule is CCCCCCOc1ccc(-c2ncc(OCCCCCCOC(=O)c3cc(C(=O)OCCCCCCOc4cnc(-c5ccc(OCCCCCC)cc5)nc4)cc(C(=O)OCCCCCCOc4cnc(-c5ccc(OCCCCCC)cc5)nc4)c3)cn2)cc1. The van der Waals surface area contributed by atoms with Crippen LogP contribution in [-0.4, -0.2) is 107 Å². The number of carbonyl (C=O) groups is 3. The van der Waals surface area contributed by atoms with Gasteiger partial charge >= 0.3 is 17.9 Å². The number of unbranched alkanes of at least 4 members (excludes halogenated alkanes) is 18. The minimum absolute atomic E-state index is 0.0532. The van der Waals surface area contributed by atoms with E-state index in [-0.39, 0.29) is 36.5 Å². The molecule has 0 fully saturated rings. The largest absolute Gasteiger partial charge is 0.494 e. The van der Waals surface area contributed by atoms with E-state index in [0.29, 0.717) is 93.6 Å². The van der Waals surface area contributed by atoms with Gasteiger partial charge in [0, 0.05) is 16.7 Å². The molecule has 7 aromatic rings. The van der Waals surface area contributed by atoms with Gasteiger partial charge in [-0.2, -0.15) is 0 Å². The topological polar surface area (TPSA) is 212 Å². The number of ether oxygens (including phenoxy) is 9. The lowest BCUT2D eigenvalue weighted by molar-refractivity contribution is 0.0493. The van der Waals surface area contributed by atoms with E-state index < -0.39 is 17.9 Å². The average Bonchev–Trinajstić information content (AvgIpc) is 1.16. The summed E-state index contributed by atoms with van der Waals surface area (Å²) in [5, 5.41) is 0. The van der Waals surface area contributed by atoms with Crippen molar-refractivity contribution in [1.29, 1.82) is 0 Å². The zero-order chi connectivity index (χ0) is 65.2. The third-order valence-corrected chi connectivity index (χ3v) is 15.3. The first kappa shape index (κ1) is 71.8. The van der Waals surface area contributed by atoms with Crippen LogP contribution in [-0.2, 0) is 14.2 Å². The van der Waals surface area contributed by atoms with E-state index in [0.717, 1.165) is 111 Å². The first-order valence-electron chi connectivity index (χ1n) is 34.0. The molecule has 4 aromatic carbocycles. The average molecular weight is 1270 g/mol. The summed E-state index contributed by atoms with van der Waals surface area (Å²) in [5.41, 5.74) is 2.85. The van der Waals surface area contributed by atoms with Gasteiger partial charge in [0.1, 0.15) is 17.2 Å². The van der Waals surface area contributed by atoms with E-state index in [1.807, 2.05) is 72.8 Å². The summed E-state index contributed by atoms with van der Waals surface area (Å²) in [5.74, 6) is 4.11. The Balaban J connectivity index is 0.802. The van der Waals surface area contributed by atoms with Crippen LogP contribution in [0.2, 0.25) is 0 Å². The van der Waals surface area contributed by atoms with Gasteiger partial charge in [-0.15, -0.1) is 0 Å². The van der Waals surface area contributed by atoms with Crippen LogP contribution in [0.15, 0.2) is 128 Å². The number of aromatic nitrogens is 6. The molecule has 3 aromatic heterocycles. The molecule has 7 rings (SSSR count). The number of hydrogen-bond donors (Lipinski definition) is 0. The van der Waals surface area contributed by atoms with E-state index in [2.05, 4.69) is 50.7 Å². The van der Waals surface area contributed by atoms with Gasteiger partial charge < -0.3 is 42.6 Å². The van der Waals surface area contributed by atoms with Crippen LogP contribution in [0.5, 0.6) is 34.5 Å². The fourth-order valence-electron chi connectivity index (χ4n) is 9.85. The Hall–Kier alpha value is -8.67. The first-order chi connectivity index (χ1) is 45.8. The molecule has 498 valence electrons. The highest BCUT2D eigenvalue weighted by molar-refractivity contribution is 6.00. The molecule has 0 aliphatic rings. The fraction of sp³-hybridized carbons (Fsp3) is 0.480. The van der Waals surface area contributed by atoms with Crippen molar-refractivity contribution in [2.45, 2.75) is 175 Å². The van der Waals surface area contributed by atoms with Gasteiger partial charge in [-0.05, 0) is 187 Å². The maximum Gasteiger partial charge on any atom is 0.338 e. The Morgan fingerprint density at radius 2 is 0.462 bits per heavy atom. The Morgan fingerprint density at radius 1 is 0.258 bits per heavy atom. The Morgan fingerprint density at radius 3 is 0.688 bits per heavy atom. The maximum atomic E-state index is 13.5. The first-order valence-corrected chi connectivity index (χ1v) is 34.0. The highest BCUT2D eigenvalue weighted by Gasteiger charge is 2.20. The predicted molar refractivity (Wildman–Crippen MR) is 360 cm³/mol. The summed E-state index contributed by atoms with van der Waals surface area (Å²) in [6.45, 7) is 10.6. The minimum atomic E-state index is -0.658. The summed E-state index contributed by atoms with van der Waals surface area (Å²) in [4.78, 5) is 67.4. The van der Waals surface area contributed by atoms with Gasteiger partial charge in [-0.1, -0.05) is 78.6 Å². The van der Waals surface area contributed by atoms with Gasteiger partial charge in [0.15, 0.2) is 34.7 Å². The van der Waals surface area contributed by atoms with Crippen molar-refractivity contribution < 1.29 is 57.0 Å². The van der Waals surface area contributed by atoms with E-state index in [1.54, 1.807) is 37.2 Å². The Bertz CT molecular complexity index is 2840. The van der Waals surface area contributed by atoms with Crippen LogP contribution in [0.3, 0.4) is 0 Å². The quantitative estimate of drug-likeness (QED) is 0.0197. The molecule has 0 saturated heterocycles. The number of nitrogens with zero attached hydrogens (tertiary/aromatic N) is 6. The number of hydrogen-bond acceptors (Lipinski definition) is 18. The van der Waals surface area contributed by atoms with Crippen molar-refractivity contribution in [3.8, 4) is 68.7 Å². The molecule has 18 nitrogen and oxygen atoms in total. The molecule has 3 heterocycles. The van der Waals surface area contributed by atoms with Crippen molar-refractivity contribution in [2.75, 3.05) is 59.5 Å².